The fraction of sp³-hybridized carbons (Fsp3) is 0.412. The average Bonchev–Trinajstić information content (AvgIpc) is 2.48. The van der Waals surface area contributed by atoms with Crippen LogP contribution in [0.3, 0.4) is 0 Å². The normalized spacial score (nSPS) is 11.3. The van der Waals surface area contributed by atoms with Crippen LogP contribution in [0, 0.1) is 0 Å². The van der Waals surface area contributed by atoms with Crippen LogP contribution >= 0.6 is 0 Å². The Bertz CT molecular complexity index is 535. The summed E-state index contributed by atoms with van der Waals surface area (Å²) in [5.74, 6) is -0.508. The maximum atomic E-state index is 11.7. The van der Waals surface area contributed by atoms with E-state index in [0.29, 0.717) is 18.0 Å². The van der Waals surface area contributed by atoms with Gasteiger partial charge >= 0.3 is 6.09 Å². The van der Waals surface area contributed by atoms with E-state index in [1.54, 1.807) is 26.8 Å². The van der Waals surface area contributed by atoms with E-state index >= 15 is 0 Å². The molecular formula is C17H24N2O4. The molecule has 0 unspecified atom stereocenters. The summed E-state index contributed by atoms with van der Waals surface area (Å²) in [6.45, 7) is 5.76. The van der Waals surface area contributed by atoms with Gasteiger partial charge in [-0.2, -0.15) is 0 Å². The zero-order valence-electron chi connectivity index (χ0n) is 13.8. The summed E-state index contributed by atoms with van der Waals surface area (Å²) in [6.07, 6.45) is 2.83. The summed E-state index contributed by atoms with van der Waals surface area (Å²) in [7, 11) is 0. The predicted molar refractivity (Wildman–Crippen MR) is 87.8 cm³/mol. The molecule has 1 aromatic carbocycles. The lowest BCUT2D eigenvalue weighted by Crippen LogP contribution is -2.34. The average molecular weight is 320 g/mol. The number of carbonyl (C=O) groups excluding carboxylic acids is 2. The van der Waals surface area contributed by atoms with Gasteiger partial charge < -0.3 is 10.1 Å². The number of nitrogens with one attached hydrogen (secondary N) is 1. The molecule has 0 bridgehead atoms. The molecule has 0 aliphatic carbocycles. The molecule has 0 saturated carbocycles. The second kappa shape index (κ2) is 8.95. The Morgan fingerprint density at radius 2 is 1.91 bits per heavy atom. The van der Waals surface area contributed by atoms with Crippen LogP contribution in [0.2, 0.25) is 0 Å². The van der Waals surface area contributed by atoms with Gasteiger partial charge in [0.15, 0.2) is 0 Å². The van der Waals surface area contributed by atoms with E-state index in [9.17, 15) is 14.8 Å². The number of rotatable bonds is 6. The van der Waals surface area contributed by atoms with E-state index in [0.717, 1.165) is 5.56 Å². The molecule has 0 aliphatic rings. The molecule has 23 heavy (non-hydrogen) atoms. The largest absolute Gasteiger partial charge is 0.444 e. The van der Waals surface area contributed by atoms with Gasteiger partial charge in [-0.15, -0.1) is 0 Å². The number of hydroxylamine groups is 2. The topological polar surface area (TPSA) is 78.9 Å². The van der Waals surface area contributed by atoms with Crippen molar-refractivity contribution in [1.29, 1.82) is 0 Å². The Balaban J connectivity index is 2.26. The second-order valence-corrected chi connectivity index (χ2v) is 5.99. The summed E-state index contributed by atoms with van der Waals surface area (Å²) in [4.78, 5) is 23.1. The number of carbonyl (C=O) groups is 2. The van der Waals surface area contributed by atoms with E-state index in [1.165, 1.54) is 6.08 Å². The standard InChI is InChI=1S/C17H24N2O4/c1-17(2,3)23-16(21)18-12-7-13-19(22)15(20)11-10-14-8-5-4-6-9-14/h4-6,8-11,22H,7,12-13H2,1-3H3,(H,18,21)/b11-10+. The monoisotopic (exact) mass is 320 g/mol. The molecule has 0 aliphatic heterocycles. The quantitative estimate of drug-likeness (QED) is 0.366. The fourth-order valence-corrected chi connectivity index (χ4v) is 1.66. The second-order valence-electron chi connectivity index (χ2n) is 5.99. The molecule has 2 N–H and O–H groups in total. The molecule has 1 aromatic rings. The van der Waals surface area contributed by atoms with Crippen molar-refractivity contribution in [3.8, 4) is 0 Å². The molecule has 0 heterocycles. The molecule has 1 rings (SSSR count). The van der Waals surface area contributed by atoms with Crippen molar-refractivity contribution in [2.24, 2.45) is 0 Å². The van der Waals surface area contributed by atoms with Crippen LogP contribution < -0.4 is 5.32 Å². The van der Waals surface area contributed by atoms with Gasteiger partial charge in [0.05, 0.1) is 6.54 Å². The van der Waals surface area contributed by atoms with Crippen molar-refractivity contribution in [3.05, 3.63) is 42.0 Å². The zero-order chi connectivity index (χ0) is 17.3. The fourth-order valence-electron chi connectivity index (χ4n) is 1.66. The maximum absolute atomic E-state index is 11.7. The zero-order valence-corrected chi connectivity index (χ0v) is 13.8. The van der Waals surface area contributed by atoms with E-state index in [4.69, 9.17) is 4.74 Å². The number of hydrogen-bond donors (Lipinski definition) is 2. The molecule has 6 nitrogen and oxygen atoms in total. The summed E-state index contributed by atoms with van der Waals surface area (Å²) in [5.41, 5.74) is 0.325. The van der Waals surface area contributed by atoms with Gasteiger partial charge in [0, 0.05) is 12.6 Å². The number of nitrogens with zero attached hydrogens (tertiary/aromatic N) is 1. The SMILES string of the molecule is CC(C)(C)OC(=O)NCCCN(O)C(=O)/C=C/c1ccccc1. The van der Waals surface area contributed by atoms with Gasteiger partial charge in [0.25, 0.3) is 5.91 Å². The lowest BCUT2D eigenvalue weighted by molar-refractivity contribution is -0.159. The number of benzene rings is 1. The van der Waals surface area contributed by atoms with Crippen molar-refractivity contribution < 1.29 is 19.5 Å². The van der Waals surface area contributed by atoms with Crippen LogP contribution in [0.5, 0.6) is 0 Å². The van der Waals surface area contributed by atoms with Crippen LogP contribution in [0.1, 0.15) is 32.8 Å². The maximum Gasteiger partial charge on any atom is 0.407 e. The van der Waals surface area contributed by atoms with Crippen molar-refractivity contribution in [2.75, 3.05) is 13.1 Å². The minimum absolute atomic E-state index is 0.119. The summed E-state index contributed by atoms with van der Waals surface area (Å²) < 4.78 is 5.08. The van der Waals surface area contributed by atoms with Crippen molar-refractivity contribution >= 4 is 18.1 Å². The Morgan fingerprint density at radius 1 is 1.26 bits per heavy atom. The van der Waals surface area contributed by atoms with Crippen LogP contribution in [0.4, 0.5) is 4.79 Å². The third kappa shape index (κ3) is 8.63. The first-order valence-corrected chi connectivity index (χ1v) is 7.48. The highest BCUT2D eigenvalue weighted by atomic mass is 16.6. The molecule has 6 heteroatoms. The van der Waals surface area contributed by atoms with E-state index in [1.807, 2.05) is 30.3 Å². The minimum Gasteiger partial charge on any atom is -0.444 e. The Kier molecular flexibility index (Phi) is 7.28. The van der Waals surface area contributed by atoms with Crippen LogP contribution in [0.25, 0.3) is 6.08 Å². The van der Waals surface area contributed by atoms with E-state index in [-0.39, 0.29) is 6.54 Å². The Morgan fingerprint density at radius 3 is 2.52 bits per heavy atom. The number of amides is 2. The molecule has 126 valence electrons. The van der Waals surface area contributed by atoms with Gasteiger partial charge in [0.2, 0.25) is 0 Å². The third-order valence-corrected chi connectivity index (χ3v) is 2.69. The number of hydrogen-bond acceptors (Lipinski definition) is 4. The van der Waals surface area contributed by atoms with Crippen molar-refractivity contribution in [1.82, 2.24) is 10.4 Å². The first kappa shape index (κ1) is 18.7. The van der Waals surface area contributed by atoms with Gasteiger partial charge in [-0.25, -0.2) is 9.86 Å². The Hall–Kier alpha value is -2.34. The molecule has 0 atom stereocenters. The lowest BCUT2D eigenvalue weighted by Gasteiger charge is -2.20. The highest BCUT2D eigenvalue weighted by Crippen LogP contribution is 2.06. The highest BCUT2D eigenvalue weighted by molar-refractivity contribution is 5.90. The summed E-state index contributed by atoms with van der Waals surface area (Å²) >= 11 is 0. The molecule has 0 spiro atoms. The lowest BCUT2D eigenvalue weighted by atomic mass is 10.2. The highest BCUT2D eigenvalue weighted by Gasteiger charge is 2.15. The predicted octanol–water partition coefficient (Wildman–Crippen LogP) is 2.83. The first-order chi connectivity index (χ1) is 10.8. The molecule has 0 aromatic heterocycles. The van der Waals surface area contributed by atoms with Gasteiger partial charge in [0.1, 0.15) is 5.60 Å². The van der Waals surface area contributed by atoms with Crippen molar-refractivity contribution in [3.63, 3.8) is 0 Å². The molecule has 0 radical (unpaired) electrons. The van der Waals surface area contributed by atoms with Crippen molar-refractivity contribution in [2.45, 2.75) is 32.8 Å². The molecule has 2 amide bonds. The van der Waals surface area contributed by atoms with Gasteiger partial charge in [-0.3, -0.25) is 10.0 Å². The van der Waals surface area contributed by atoms with Gasteiger partial charge in [-0.05, 0) is 38.8 Å². The molecule has 0 saturated heterocycles. The molecular weight excluding hydrogens is 296 g/mol. The van der Waals surface area contributed by atoms with Gasteiger partial charge in [-0.1, -0.05) is 30.3 Å². The third-order valence-electron chi connectivity index (χ3n) is 2.69. The summed E-state index contributed by atoms with van der Waals surface area (Å²) in [5, 5.41) is 12.8. The van der Waals surface area contributed by atoms with Crippen LogP contribution in [0.15, 0.2) is 36.4 Å². The van der Waals surface area contributed by atoms with Crippen LogP contribution in [-0.2, 0) is 9.53 Å². The Labute approximate surface area is 136 Å². The summed E-state index contributed by atoms with van der Waals surface area (Å²) in [6, 6.07) is 9.33. The minimum atomic E-state index is -0.550. The molecule has 0 fully saturated rings. The van der Waals surface area contributed by atoms with E-state index < -0.39 is 17.6 Å². The first-order valence-electron chi connectivity index (χ1n) is 7.48. The number of ether oxygens (including phenoxy) is 1. The van der Waals surface area contributed by atoms with E-state index in [2.05, 4.69) is 5.32 Å². The van der Waals surface area contributed by atoms with Crippen LogP contribution in [-0.4, -0.2) is 41.0 Å². The smallest absolute Gasteiger partial charge is 0.407 e. The number of alkyl carbamates (subject to hydrolysis) is 1.